The van der Waals surface area contributed by atoms with E-state index in [0.29, 0.717) is 10.8 Å². The minimum absolute atomic E-state index is 0.0170. The highest BCUT2D eigenvalue weighted by Crippen LogP contribution is 2.27. The third kappa shape index (κ3) is 1.85. The number of carbonyl (C=O) groups excluding carboxylic acids is 1. The number of thiazole rings is 1. The molecule has 0 spiro atoms. The second-order valence-electron chi connectivity index (χ2n) is 4.28. The Morgan fingerprint density at radius 3 is 3.06 bits per heavy atom. The Morgan fingerprint density at radius 2 is 2.50 bits per heavy atom. The molecule has 2 heterocycles. The van der Waals surface area contributed by atoms with Gasteiger partial charge in [-0.15, -0.1) is 11.3 Å². The van der Waals surface area contributed by atoms with E-state index in [9.17, 15) is 9.90 Å². The molecule has 2 unspecified atom stereocenters. The van der Waals surface area contributed by atoms with Crippen LogP contribution in [-0.4, -0.2) is 40.1 Å². The van der Waals surface area contributed by atoms with E-state index in [2.05, 4.69) is 11.9 Å². The van der Waals surface area contributed by atoms with Crippen LogP contribution in [0.15, 0.2) is 5.51 Å². The van der Waals surface area contributed by atoms with Gasteiger partial charge in [-0.1, -0.05) is 6.92 Å². The van der Waals surface area contributed by atoms with Crippen LogP contribution in [0.3, 0.4) is 0 Å². The third-order valence-electron chi connectivity index (χ3n) is 3.27. The smallest absolute Gasteiger partial charge is 0.266 e. The summed E-state index contributed by atoms with van der Waals surface area (Å²) in [6.07, 6.45) is 0.967. The Kier molecular flexibility index (Phi) is 3.25. The molecule has 1 aromatic rings. The molecule has 1 aliphatic heterocycles. The zero-order chi connectivity index (χ0) is 11.7. The van der Waals surface area contributed by atoms with E-state index >= 15 is 0 Å². The molecule has 88 valence electrons. The fraction of sp³-hybridized carbons (Fsp3) is 0.636. The number of aliphatic hydroxyl groups excluding tert-OH is 1. The zero-order valence-corrected chi connectivity index (χ0v) is 10.3. The van der Waals surface area contributed by atoms with Crippen LogP contribution in [0.1, 0.15) is 28.7 Å². The highest BCUT2D eigenvalue weighted by atomic mass is 32.1. The summed E-state index contributed by atoms with van der Waals surface area (Å²) in [6.45, 7) is 4.71. The Labute approximate surface area is 98.9 Å². The third-order valence-corrected chi connectivity index (χ3v) is 4.19. The van der Waals surface area contributed by atoms with Crippen molar-refractivity contribution in [3.63, 3.8) is 0 Å². The van der Waals surface area contributed by atoms with E-state index in [0.717, 1.165) is 18.7 Å². The Hall–Kier alpha value is -0.940. The molecule has 1 saturated heterocycles. The Balaban J connectivity index is 2.20. The van der Waals surface area contributed by atoms with Gasteiger partial charge in [-0.25, -0.2) is 4.98 Å². The second kappa shape index (κ2) is 4.51. The number of aryl methyl sites for hydroxylation is 1. The lowest BCUT2D eigenvalue weighted by molar-refractivity contribution is 0.0652. The van der Waals surface area contributed by atoms with Crippen molar-refractivity contribution in [2.75, 3.05) is 13.2 Å². The molecule has 0 radical (unpaired) electrons. The molecule has 0 aliphatic carbocycles. The van der Waals surface area contributed by atoms with Gasteiger partial charge in [-0.05, 0) is 19.3 Å². The first-order valence-electron chi connectivity index (χ1n) is 5.47. The van der Waals surface area contributed by atoms with Crippen molar-refractivity contribution in [1.82, 2.24) is 9.88 Å². The van der Waals surface area contributed by atoms with Crippen molar-refractivity contribution >= 4 is 17.2 Å². The minimum Gasteiger partial charge on any atom is -0.394 e. The van der Waals surface area contributed by atoms with E-state index in [1.54, 1.807) is 10.4 Å². The first-order valence-corrected chi connectivity index (χ1v) is 6.35. The Bertz CT molecular complexity index is 391. The van der Waals surface area contributed by atoms with Crippen LogP contribution in [0.2, 0.25) is 0 Å². The largest absolute Gasteiger partial charge is 0.394 e. The van der Waals surface area contributed by atoms with E-state index in [-0.39, 0.29) is 18.6 Å². The lowest BCUT2D eigenvalue weighted by Crippen LogP contribution is -2.39. The first-order chi connectivity index (χ1) is 7.65. The number of carbonyl (C=O) groups is 1. The zero-order valence-electron chi connectivity index (χ0n) is 9.51. The molecule has 1 aromatic heterocycles. The summed E-state index contributed by atoms with van der Waals surface area (Å²) in [6, 6.07) is -0.0333. The molecule has 0 bridgehead atoms. The number of amides is 1. The molecule has 0 aromatic carbocycles. The van der Waals surface area contributed by atoms with Gasteiger partial charge in [0.1, 0.15) is 4.88 Å². The number of hydrogen-bond donors (Lipinski definition) is 1. The van der Waals surface area contributed by atoms with Crippen LogP contribution in [0.4, 0.5) is 0 Å². The molecule has 1 N–H and O–H groups in total. The molecular formula is C11H16N2O2S. The van der Waals surface area contributed by atoms with Crippen LogP contribution in [-0.2, 0) is 0 Å². The maximum atomic E-state index is 12.2. The van der Waals surface area contributed by atoms with E-state index in [4.69, 9.17) is 0 Å². The molecular weight excluding hydrogens is 224 g/mol. The fourth-order valence-electron chi connectivity index (χ4n) is 2.18. The number of hydrogen-bond acceptors (Lipinski definition) is 4. The molecule has 1 aliphatic rings. The predicted octanol–water partition coefficient (Wildman–Crippen LogP) is 1.29. The highest BCUT2D eigenvalue weighted by Gasteiger charge is 2.35. The molecule has 1 fully saturated rings. The number of rotatable bonds is 2. The van der Waals surface area contributed by atoms with Gasteiger partial charge in [-0.2, -0.15) is 0 Å². The number of likely N-dealkylation sites (tertiary alicyclic amines) is 1. The maximum absolute atomic E-state index is 12.2. The van der Waals surface area contributed by atoms with Crippen LogP contribution in [0.25, 0.3) is 0 Å². The predicted molar refractivity (Wildman–Crippen MR) is 62.5 cm³/mol. The van der Waals surface area contributed by atoms with Gasteiger partial charge in [-0.3, -0.25) is 4.79 Å². The van der Waals surface area contributed by atoms with E-state index in [1.165, 1.54) is 11.3 Å². The summed E-state index contributed by atoms with van der Waals surface area (Å²) in [5, 5.41) is 9.32. The summed E-state index contributed by atoms with van der Waals surface area (Å²) >= 11 is 1.37. The monoisotopic (exact) mass is 240 g/mol. The van der Waals surface area contributed by atoms with Crippen molar-refractivity contribution in [2.45, 2.75) is 26.3 Å². The van der Waals surface area contributed by atoms with Crippen molar-refractivity contribution in [3.8, 4) is 0 Å². The minimum atomic E-state index is -0.0333. The van der Waals surface area contributed by atoms with Crippen LogP contribution < -0.4 is 0 Å². The van der Waals surface area contributed by atoms with E-state index < -0.39 is 0 Å². The van der Waals surface area contributed by atoms with Gasteiger partial charge in [0, 0.05) is 6.54 Å². The number of aromatic nitrogens is 1. The van der Waals surface area contributed by atoms with Gasteiger partial charge >= 0.3 is 0 Å². The van der Waals surface area contributed by atoms with Gasteiger partial charge in [0.25, 0.3) is 5.91 Å². The first kappa shape index (κ1) is 11.5. The van der Waals surface area contributed by atoms with Crippen molar-refractivity contribution < 1.29 is 9.90 Å². The quantitative estimate of drug-likeness (QED) is 0.847. The molecule has 5 heteroatoms. The summed E-state index contributed by atoms with van der Waals surface area (Å²) in [7, 11) is 0. The van der Waals surface area contributed by atoms with Gasteiger partial charge in [0.2, 0.25) is 0 Å². The normalized spacial score (nSPS) is 25.1. The SMILES string of the molecule is Cc1ncsc1C(=O)N1CCC(C)C1CO. The van der Waals surface area contributed by atoms with Gasteiger partial charge in [0.05, 0.1) is 23.9 Å². The second-order valence-corrected chi connectivity index (χ2v) is 5.14. The van der Waals surface area contributed by atoms with Crippen molar-refractivity contribution in [1.29, 1.82) is 0 Å². The average molecular weight is 240 g/mol. The van der Waals surface area contributed by atoms with Crippen molar-refractivity contribution in [3.05, 3.63) is 16.1 Å². The summed E-state index contributed by atoms with van der Waals surface area (Å²) in [4.78, 5) is 18.8. The lowest BCUT2D eigenvalue weighted by atomic mass is 10.0. The van der Waals surface area contributed by atoms with Crippen molar-refractivity contribution in [2.24, 2.45) is 5.92 Å². The molecule has 1 amide bonds. The van der Waals surface area contributed by atoms with Crippen LogP contribution >= 0.6 is 11.3 Å². The summed E-state index contributed by atoms with van der Waals surface area (Å²) in [5.74, 6) is 0.394. The van der Waals surface area contributed by atoms with Crippen LogP contribution in [0, 0.1) is 12.8 Å². The maximum Gasteiger partial charge on any atom is 0.266 e. The Morgan fingerprint density at radius 1 is 1.75 bits per heavy atom. The summed E-state index contributed by atoms with van der Waals surface area (Å²) in [5.41, 5.74) is 2.47. The average Bonchev–Trinajstić information content (AvgIpc) is 2.83. The van der Waals surface area contributed by atoms with Crippen LogP contribution in [0.5, 0.6) is 0 Å². The summed E-state index contributed by atoms with van der Waals surface area (Å²) < 4.78 is 0. The molecule has 4 nitrogen and oxygen atoms in total. The standard InChI is InChI=1S/C11H16N2O2S/c1-7-3-4-13(9(7)5-14)11(15)10-8(2)12-6-16-10/h6-7,9,14H,3-5H2,1-2H3. The molecule has 0 saturated carbocycles. The fourth-order valence-corrected chi connectivity index (χ4v) is 2.93. The molecule has 2 atom stereocenters. The van der Waals surface area contributed by atoms with Gasteiger partial charge in [0.15, 0.2) is 0 Å². The van der Waals surface area contributed by atoms with Gasteiger partial charge < -0.3 is 10.0 Å². The lowest BCUT2D eigenvalue weighted by Gasteiger charge is -2.24. The molecule has 2 rings (SSSR count). The highest BCUT2D eigenvalue weighted by molar-refractivity contribution is 7.11. The number of aliphatic hydroxyl groups is 1. The van der Waals surface area contributed by atoms with E-state index in [1.807, 2.05) is 6.92 Å². The topological polar surface area (TPSA) is 53.4 Å². The molecule has 16 heavy (non-hydrogen) atoms. The number of nitrogens with zero attached hydrogens (tertiary/aromatic N) is 2.